The van der Waals surface area contributed by atoms with Gasteiger partial charge in [0.25, 0.3) is 0 Å². The van der Waals surface area contributed by atoms with Gasteiger partial charge in [0.2, 0.25) is 0 Å². The molecule has 0 fully saturated rings. The largest absolute Gasteiger partial charge is 0.456 e. The molecule has 5 nitrogen and oxygen atoms in total. The Labute approximate surface area is 280 Å². The lowest BCUT2D eigenvalue weighted by atomic mass is 10.0. The first-order chi connectivity index (χ1) is 24.2. The Morgan fingerprint density at radius 3 is 1.57 bits per heavy atom. The van der Waals surface area contributed by atoms with Crippen LogP contribution in [0.3, 0.4) is 0 Å². The fourth-order valence-electron chi connectivity index (χ4n) is 7.56. The minimum absolute atomic E-state index is 0.616. The van der Waals surface area contributed by atoms with Gasteiger partial charge in [-0.25, -0.2) is 0 Å². The van der Waals surface area contributed by atoms with Gasteiger partial charge in [-0.05, 0) is 90.0 Å². The van der Waals surface area contributed by atoms with Crippen LogP contribution in [0.5, 0.6) is 0 Å². The number of aromatic nitrogens is 2. The fraction of sp³-hybridized carbons (Fsp3) is 0. The number of nitriles is 2. The number of benzene rings is 7. The smallest absolute Gasteiger partial charge is 0.137 e. The van der Waals surface area contributed by atoms with Gasteiger partial charge in [-0.15, -0.1) is 0 Å². The summed E-state index contributed by atoms with van der Waals surface area (Å²) >= 11 is 0. The molecule has 0 spiro atoms. The molecule has 0 aliphatic carbocycles. The van der Waals surface area contributed by atoms with Crippen molar-refractivity contribution in [3.8, 4) is 34.6 Å². The second kappa shape index (κ2) is 10.2. The summed E-state index contributed by atoms with van der Waals surface area (Å²) in [6.45, 7) is 0. The lowest BCUT2D eigenvalue weighted by molar-refractivity contribution is 0.669. The lowest BCUT2D eigenvalue weighted by Crippen LogP contribution is -1.96. The Morgan fingerprint density at radius 2 is 0.918 bits per heavy atom. The molecule has 7 aromatic carbocycles. The van der Waals surface area contributed by atoms with Crippen LogP contribution in [0.1, 0.15) is 11.1 Å². The summed E-state index contributed by atoms with van der Waals surface area (Å²) in [6, 6.07) is 54.6. The second-order valence-corrected chi connectivity index (χ2v) is 12.4. The monoisotopic (exact) mass is 624 g/mol. The van der Waals surface area contributed by atoms with Gasteiger partial charge in [-0.2, -0.15) is 10.5 Å². The third-order valence-corrected chi connectivity index (χ3v) is 9.74. The Kier molecular flexibility index (Phi) is 5.64. The van der Waals surface area contributed by atoms with Gasteiger partial charge < -0.3 is 13.6 Å². The molecule has 0 atom stereocenters. The Morgan fingerprint density at radius 1 is 0.388 bits per heavy atom. The van der Waals surface area contributed by atoms with E-state index in [0.717, 1.165) is 88.1 Å². The molecule has 0 saturated carbocycles. The van der Waals surface area contributed by atoms with Crippen LogP contribution in [-0.2, 0) is 0 Å². The molecule has 3 heterocycles. The van der Waals surface area contributed by atoms with Crippen molar-refractivity contribution in [1.82, 2.24) is 9.13 Å². The zero-order valence-corrected chi connectivity index (χ0v) is 26.1. The summed E-state index contributed by atoms with van der Waals surface area (Å²) in [7, 11) is 0. The highest BCUT2D eigenvalue weighted by molar-refractivity contribution is 6.17. The maximum absolute atomic E-state index is 9.58. The van der Waals surface area contributed by atoms with Crippen molar-refractivity contribution in [2.45, 2.75) is 0 Å². The van der Waals surface area contributed by atoms with E-state index in [9.17, 15) is 10.5 Å². The van der Waals surface area contributed by atoms with Gasteiger partial charge >= 0.3 is 0 Å². The summed E-state index contributed by atoms with van der Waals surface area (Å²) < 4.78 is 10.9. The summed E-state index contributed by atoms with van der Waals surface area (Å²) in [5, 5.41) is 25.5. The van der Waals surface area contributed by atoms with Crippen molar-refractivity contribution in [2.75, 3.05) is 0 Å². The highest BCUT2D eigenvalue weighted by Crippen LogP contribution is 2.39. The van der Waals surface area contributed by atoms with E-state index in [1.807, 2.05) is 36.4 Å². The van der Waals surface area contributed by atoms with Crippen molar-refractivity contribution in [3.63, 3.8) is 0 Å². The van der Waals surface area contributed by atoms with Crippen LogP contribution in [0, 0.1) is 22.7 Å². The molecule has 0 aliphatic heterocycles. The van der Waals surface area contributed by atoms with E-state index in [1.54, 1.807) is 6.07 Å². The molecule has 0 bridgehead atoms. The molecular weight excluding hydrogens is 601 g/mol. The van der Waals surface area contributed by atoms with Crippen molar-refractivity contribution >= 4 is 65.6 Å². The minimum Gasteiger partial charge on any atom is -0.456 e. The molecule has 0 unspecified atom stereocenters. The van der Waals surface area contributed by atoms with Crippen LogP contribution in [0.15, 0.2) is 150 Å². The Hall–Kier alpha value is -7.08. The number of hydrogen-bond donors (Lipinski definition) is 0. The van der Waals surface area contributed by atoms with Crippen LogP contribution in [-0.4, -0.2) is 9.13 Å². The normalized spacial score (nSPS) is 11.6. The molecule has 5 heteroatoms. The third-order valence-electron chi connectivity index (χ3n) is 9.74. The van der Waals surface area contributed by atoms with Crippen LogP contribution in [0.4, 0.5) is 0 Å². The van der Waals surface area contributed by atoms with Gasteiger partial charge in [0.05, 0.1) is 45.3 Å². The van der Waals surface area contributed by atoms with Crippen LogP contribution >= 0.6 is 0 Å². The summed E-state index contributed by atoms with van der Waals surface area (Å²) in [5.74, 6) is 0. The molecule has 0 amide bonds. The number of fused-ring (bicyclic) bond motifs is 9. The van der Waals surface area contributed by atoms with Crippen molar-refractivity contribution in [2.24, 2.45) is 0 Å². The SMILES string of the molecule is N#Cc1ccc2oc3cc4c(cc3c2c1)c1ccccc1n4-c1cccc(-c2cccc(-n3c4ccccc4c4cc(C#N)ccc43)c2)c1. The number of para-hydroxylation sites is 2. The molecule has 0 N–H and O–H groups in total. The first kappa shape index (κ1) is 27.1. The Bertz CT molecular complexity index is 3090. The quantitative estimate of drug-likeness (QED) is 0.196. The van der Waals surface area contributed by atoms with Crippen molar-refractivity contribution in [1.29, 1.82) is 10.5 Å². The first-order valence-electron chi connectivity index (χ1n) is 16.1. The van der Waals surface area contributed by atoms with Gasteiger partial charge in [-0.1, -0.05) is 60.7 Å². The summed E-state index contributed by atoms with van der Waals surface area (Å²) in [4.78, 5) is 0. The van der Waals surface area contributed by atoms with Crippen molar-refractivity contribution < 1.29 is 4.42 Å². The second-order valence-electron chi connectivity index (χ2n) is 12.4. The fourth-order valence-corrected chi connectivity index (χ4v) is 7.56. The molecule has 10 aromatic rings. The van der Waals surface area contributed by atoms with E-state index in [1.165, 1.54) is 0 Å². The average Bonchev–Trinajstić information content (AvgIpc) is 3.80. The van der Waals surface area contributed by atoms with Crippen LogP contribution in [0.2, 0.25) is 0 Å². The standard InChI is InChI=1S/C44H24N4O/c45-25-27-15-17-41-35(19-27)33-11-1-3-13-39(33)47(41)31-9-5-7-29(21-31)30-8-6-10-32(22-30)48-40-14-4-2-12-34(40)36-23-38-37-20-28(26-46)16-18-43(37)49-44(38)24-42(36)48/h1-24H. The molecule has 0 aliphatic rings. The summed E-state index contributed by atoms with van der Waals surface area (Å²) in [6.07, 6.45) is 0. The van der Waals surface area contributed by atoms with E-state index in [2.05, 4.69) is 124 Å². The molecule has 226 valence electrons. The number of furan rings is 1. The highest BCUT2D eigenvalue weighted by atomic mass is 16.3. The van der Waals surface area contributed by atoms with Gasteiger partial charge in [-0.3, -0.25) is 0 Å². The van der Waals surface area contributed by atoms with Crippen LogP contribution in [0.25, 0.3) is 88.1 Å². The molecule has 3 aromatic heterocycles. The maximum Gasteiger partial charge on any atom is 0.137 e. The predicted molar refractivity (Wildman–Crippen MR) is 197 cm³/mol. The number of nitrogens with zero attached hydrogens (tertiary/aromatic N) is 4. The molecule has 10 rings (SSSR count). The van der Waals surface area contributed by atoms with Gasteiger partial charge in [0.1, 0.15) is 11.2 Å². The third kappa shape index (κ3) is 3.97. The lowest BCUT2D eigenvalue weighted by Gasteiger charge is -2.12. The molecule has 0 saturated heterocycles. The Balaban J connectivity index is 1.16. The van der Waals surface area contributed by atoms with E-state index in [-0.39, 0.29) is 0 Å². The first-order valence-corrected chi connectivity index (χ1v) is 16.1. The van der Waals surface area contributed by atoms with E-state index < -0.39 is 0 Å². The predicted octanol–water partition coefficient (Wildman–Crippen LogP) is 11.2. The van der Waals surface area contributed by atoms with Gasteiger partial charge in [0, 0.05) is 49.8 Å². The number of rotatable bonds is 3. The van der Waals surface area contributed by atoms with E-state index in [0.29, 0.717) is 11.1 Å². The molecule has 0 radical (unpaired) electrons. The van der Waals surface area contributed by atoms with Crippen LogP contribution < -0.4 is 0 Å². The maximum atomic E-state index is 9.58. The zero-order valence-electron chi connectivity index (χ0n) is 26.1. The van der Waals surface area contributed by atoms with Gasteiger partial charge in [0.15, 0.2) is 0 Å². The van der Waals surface area contributed by atoms with E-state index in [4.69, 9.17) is 4.42 Å². The highest BCUT2D eigenvalue weighted by Gasteiger charge is 2.18. The van der Waals surface area contributed by atoms with E-state index >= 15 is 0 Å². The molecular formula is C44H24N4O. The summed E-state index contributed by atoms with van der Waals surface area (Å²) in [5.41, 5.74) is 11.5. The average molecular weight is 625 g/mol. The number of hydrogen-bond acceptors (Lipinski definition) is 3. The molecule has 49 heavy (non-hydrogen) atoms. The minimum atomic E-state index is 0.616. The van der Waals surface area contributed by atoms with Crippen molar-refractivity contribution in [3.05, 3.63) is 157 Å². The topological polar surface area (TPSA) is 70.6 Å². The zero-order chi connectivity index (χ0) is 32.6.